The molecule has 0 aromatic carbocycles. The lowest BCUT2D eigenvalue weighted by atomic mass is 10.2. The molecule has 1 aromatic heterocycles. The van der Waals surface area contributed by atoms with Crippen LogP contribution in [0.15, 0.2) is 22.7 Å². The Labute approximate surface area is 94.0 Å². The van der Waals surface area contributed by atoms with E-state index in [0.29, 0.717) is 0 Å². The highest BCUT2D eigenvalue weighted by Crippen LogP contribution is 2.24. The summed E-state index contributed by atoms with van der Waals surface area (Å²) in [5, 5.41) is 13.7. The molecule has 0 fully saturated rings. The van der Waals surface area contributed by atoms with Gasteiger partial charge in [0.15, 0.2) is 5.84 Å². The van der Waals surface area contributed by atoms with Crippen molar-refractivity contribution in [3.05, 3.63) is 22.4 Å². The van der Waals surface area contributed by atoms with Crippen molar-refractivity contribution in [3.63, 3.8) is 0 Å². The molecule has 0 saturated carbocycles. The summed E-state index contributed by atoms with van der Waals surface area (Å²) in [6.45, 7) is 4.02. The minimum Gasteiger partial charge on any atom is -0.409 e. The van der Waals surface area contributed by atoms with Crippen LogP contribution in [0.25, 0.3) is 0 Å². The Morgan fingerprint density at radius 2 is 2.27 bits per heavy atom. The molecule has 0 aliphatic rings. The first-order valence-electron chi connectivity index (χ1n) is 4.80. The number of hydrogen-bond acceptors (Lipinski definition) is 4. The maximum atomic E-state index is 8.61. The van der Waals surface area contributed by atoms with Gasteiger partial charge in [-0.25, -0.2) is 0 Å². The largest absolute Gasteiger partial charge is 0.409 e. The van der Waals surface area contributed by atoms with Gasteiger partial charge in [-0.05, 0) is 32.3 Å². The lowest BCUT2D eigenvalue weighted by Gasteiger charge is -2.29. The van der Waals surface area contributed by atoms with E-state index in [2.05, 4.69) is 23.0 Å². The quantitative estimate of drug-likeness (QED) is 0.357. The molecule has 84 valence electrons. The maximum absolute atomic E-state index is 8.61. The molecule has 5 heteroatoms. The lowest BCUT2D eigenvalue weighted by molar-refractivity contribution is 0.235. The average Bonchev–Trinajstić information content (AvgIpc) is 2.78. The molecule has 15 heavy (non-hydrogen) atoms. The summed E-state index contributed by atoms with van der Waals surface area (Å²) in [4.78, 5) is 3.34. The molecule has 0 spiro atoms. The summed E-state index contributed by atoms with van der Waals surface area (Å²) in [5.41, 5.74) is 5.57. The van der Waals surface area contributed by atoms with Crippen molar-refractivity contribution >= 4 is 17.2 Å². The third kappa shape index (κ3) is 2.70. The summed E-state index contributed by atoms with van der Waals surface area (Å²) in [6, 6.07) is 4.30. The number of nitrogens with zero attached hydrogens (tertiary/aromatic N) is 2. The van der Waals surface area contributed by atoms with Crippen molar-refractivity contribution in [1.29, 1.82) is 0 Å². The van der Waals surface area contributed by atoms with Crippen LogP contribution in [-0.2, 0) is 0 Å². The molecule has 0 radical (unpaired) electrons. The van der Waals surface area contributed by atoms with Gasteiger partial charge in [0.2, 0.25) is 0 Å². The zero-order valence-corrected chi connectivity index (χ0v) is 10.0. The number of oxime groups is 1. The Morgan fingerprint density at radius 1 is 1.60 bits per heavy atom. The van der Waals surface area contributed by atoms with Crippen LogP contribution in [0.1, 0.15) is 24.8 Å². The first kappa shape index (κ1) is 12.0. The van der Waals surface area contributed by atoms with Gasteiger partial charge < -0.3 is 10.9 Å². The molecule has 2 atom stereocenters. The van der Waals surface area contributed by atoms with Gasteiger partial charge in [-0.15, -0.1) is 11.3 Å². The smallest absolute Gasteiger partial charge is 0.156 e. The summed E-state index contributed by atoms with van der Waals surface area (Å²) in [5.74, 6) is 0.237. The van der Waals surface area contributed by atoms with Crippen LogP contribution >= 0.6 is 11.3 Å². The zero-order valence-electron chi connectivity index (χ0n) is 9.21. The monoisotopic (exact) mass is 227 g/mol. The summed E-state index contributed by atoms with van der Waals surface area (Å²) < 4.78 is 0. The molecule has 0 amide bonds. The van der Waals surface area contributed by atoms with E-state index in [0.717, 1.165) is 0 Å². The van der Waals surface area contributed by atoms with Gasteiger partial charge in [0.1, 0.15) is 0 Å². The third-order valence-electron chi connectivity index (χ3n) is 2.72. The van der Waals surface area contributed by atoms with E-state index in [1.54, 1.807) is 11.3 Å². The van der Waals surface area contributed by atoms with Gasteiger partial charge in [-0.3, -0.25) is 4.90 Å². The molecular weight excluding hydrogens is 210 g/mol. The van der Waals surface area contributed by atoms with Gasteiger partial charge in [-0.1, -0.05) is 11.2 Å². The van der Waals surface area contributed by atoms with Crippen LogP contribution in [-0.4, -0.2) is 29.0 Å². The number of likely N-dealkylation sites (N-methyl/N-ethyl adjacent to an activating group) is 1. The Kier molecular flexibility index (Phi) is 4.11. The average molecular weight is 227 g/mol. The molecule has 0 saturated heterocycles. The van der Waals surface area contributed by atoms with E-state index in [-0.39, 0.29) is 17.9 Å². The Balaban J connectivity index is 2.72. The molecule has 1 aromatic rings. The predicted octanol–water partition coefficient (Wildman–Crippen LogP) is 1.88. The summed E-state index contributed by atoms with van der Waals surface area (Å²) in [6.07, 6.45) is 0. The molecule has 4 nitrogen and oxygen atoms in total. The van der Waals surface area contributed by atoms with Crippen molar-refractivity contribution in [2.45, 2.75) is 25.9 Å². The van der Waals surface area contributed by atoms with Crippen LogP contribution in [0.5, 0.6) is 0 Å². The molecule has 0 bridgehead atoms. The number of amidine groups is 1. The highest BCUT2D eigenvalue weighted by atomic mass is 32.1. The van der Waals surface area contributed by atoms with Crippen molar-refractivity contribution < 1.29 is 5.21 Å². The SMILES string of the molecule is CC(C(N)=NO)N(C)C(C)c1cccs1. The fourth-order valence-electron chi connectivity index (χ4n) is 1.36. The summed E-state index contributed by atoms with van der Waals surface area (Å²) >= 11 is 1.71. The Bertz CT molecular complexity index is 323. The fraction of sp³-hybridized carbons (Fsp3) is 0.500. The number of thiophene rings is 1. The van der Waals surface area contributed by atoms with Crippen LogP contribution < -0.4 is 5.73 Å². The predicted molar refractivity (Wildman–Crippen MR) is 63.4 cm³/mol. The topological polar surface area (TPSA) is 61.9 Å². The first-order valence-corrected chi connectivity index (χ1v) is 5.68. The molecule has 1 rings (SSSR count). The van der Waals surface area contributed by atoms with E-state index < -0.39 is 0 Å². The highest BCUT2D eigenvalue weighted by Gasteiger charge is 2.20. The van der Waals surface area contributed by atoms with E-state index >= 15 is 0 Å². The van der Waals surface area contributed by atoms with E-state index in [9.17, 15) is 0 Å². The van der Waals surface area contributed by atoms with Crippen LogP contribution in [0.4, 0.5) is 0 Å². The Hall–Kier alpha value is -1.07. The van der Waals surface area contributed by atoms with Crippen molar-refractivity contribution in [2.75, 3.05) is 7.05 Å². The van der Waals surface area contributed by atoms with Gasteiger partial charge >= 0.3 is 0 Å². The number of nitrogens with two attached hydrogens (primary N) is 1. The van der Waals surface area contributed by atoms with Crippen molar-refractivity contribution in [1.82, 2.24) is 4.90 Å². The van der Waals surface area contributed by atoms with Crippen molar-refractivity contribution in [3.8, 4) is 0 Å². The third-order valence-corrected chi connectivity index (χ3v) is 3.76. The minimum atomic E-state index is -0.0768. The van der Waals surface area contributed by atoms with Crippen LogP contribution in [0, 0.1) is 0 Å². The fourth-order valence-corrected chi connectivity index (χ4v) is 2.19. The van der Waals surface area contributed by atoms with Crippen LogP contribution in [0.3, 0.4) is 0 Å². The molecule has 2 unspecified atom stereocenters. The van der Waals surface area contributed by atoms with Gasteiger partial charge in [0.25, 0.3) is 0 Å². The number of rotatable bonds is 4. The molecule has 0 aliphatic heterocycles. The standard InChI is InChI=1S/C10H17N3OS/c1-7(9-5-4-6-15-9)13(3)8(2)10(11)12-14/h4-8,14H,1-3H3,(H2,11,12). The molecule has 3 N–H and O–H groups in total. The van der Waals surface area contributed by atoms with Crippen molar-refractivity contribution in [2.24, 2.45) is 10.9 Å². The second kappa shape index (κ2) is 5.14. The van der Waals surface area contributed by atoms with Gasteiger partial charge in [0.05, 0.1) is 6.04 Å². The molecular formula is C10H17N3OS. The van der Waals surface area contributed by atoms with Gasteiger partial charge in [-0.2, -0.15) is 0 Å². The van der Waals surface area contributed by atoms with E-state index in [4.69, 9.17) is 10.9 Å². The molecule has 0 aliphatic carbocycles. The zero-order chi connectivity index (χ0) is 11.4. The lowest BCUT2D eigenvalue weighted by Crippen LogP contribution is -2.41. The Morgan fingerprint density at radius 3 is 2.73 bits per heavy atom. The molecule has 1 heterocycles. The van der Waals surface area contributed by atoms with E-state index in [1.807, 2.05) is 25.4 Å². The highest BCUT2D eigenvalue weighted by molar-refractivity contribution is 7.10. The van der Waals surface area contributed by atoms with E-state index in [1.165, 1.54) is 4.88 Å². The first-order chi connectivity index (χ1) is 7.07. The van der Waals surface area contributed by atoms with Gasteiger partial charge in [0, 0.05) is 10.9 Å². The summed E-state index contributed by atoms with van der Waals surface area (Å²) in [7, 11) is 1.97. The minimum absolute atomic E-state index is 0.0768. The van der Waals surface area contributed by atoms with Crippen LogP contribution in [0.2, 0.25) is 0 Å². The maximum Gasteiger partial charge on any atom is 0.156 e. The normalized spacial score (nSPS) is 16.7. The second-order valence-corrected chi connectivity index (χ2v) is 4.54. The second-order valence-electron chi connectivity index (χ2n) is 3.56. The number of hydrogen-bond donors (Lipinski definition) is 2.